The number of ether oxygens (including phenoxy) is 2. The van der Waals surface area contributed by atoms with E-state index in [1.54, 1.807) is 14.0 Å². The smallest absolute Gasteiger partial charge is 0.144 e. The summed E-state index contributed by atoms with van der Waals surface area (Å²) in [6, 6.07) is 7.54. The van der Waals surface area contributed by atoms with E-state index in [2.05, 4.69) is 86.2 Å². The van der Waals surface area contributed by atoms with E-state index in [0.717, 1.165) is 87.2 Å². The second kappa shape index (κ2) is 19.8. The third-order valence-electron chi connectivity index (χ3n) is 7.12. The van der Waals surface area contributed by atoms with Crippen molar-refractivity contribution in [3.05, 3.63) is 42.4 Å². The number of nitrogens with two attached hydrogens (primary N) is 1. The van der Waals surface area contributed by atoms with E-state index >= 15 is 0 Å². The number of terminal acetylenes is 1. The molecular formula is C33H56N6O2. The SMILES string of the molecule is C#CC.C=CCC.CCCC(=NC1CCOCC1)N/C(Nc1ccc(N2CC(C)N(C)C(C)C2)c(OC)c1)=C(\C)N. The van der Waals surface area contributed by atoms with Crippen LogP contribution in [-0.2, 0) is 4.74 Å². The molecule has 2 aliphatic rings. The molecule has 8 heteroatoms. The second-order valence-corrected chi connectivity index (χ2v) is 10.6. The van der Waals surface area contributed by atoms with Gasteiger partial charge in [0.15, 0.2) is 0 Å². The molecule has 0 bridgehead atoms. The molecular weight excluding hydrogens is 512 g/mol. The van der Waals surface area contributed by atoms with Gasteiger partial charge in [-0.3, -0.25) is 9.89 Å². The van der Waals surface area contributed by atoms with Crippen molar-refractivity contribution in [1.29, 1.82) is 0 Å². The fourth-order valence-electron chi connectivity index (χ4n) is 4.57. The van der Waals surface area contributed by atoms with Crippen molar-refractivity contribution in [1.82, 2.24) is 10.2 Å². The standard InChI is InChI=1S/C26H44N6O2.C4H8.C3H4/c1-7-8-25(28-21-11-13-34-14-12-21)30-26(20(4)27)29-22-9-10-23(24(15-22)33-6)32-16-18(2)31(5)19(3)17-32;1-3-4-2;1-3-2/h9-10,15,18-19,21,29H,7-8,11-14,16-17,27H2,1-6H3,(H,28,30);3H,1,4H2,2H3;1H,2H3/b26-20+;;. The molecule has 2 unspecified atom stereocenters. The van der Waals surface area contributed by atoms with Crippen LogP contribution in [0, 0.1) is 12.3 Å². The molecule has 0 spiro atoms. The lowest BCUT2D eigenvalue weighted by atomic mass is 10.1. The number of nitrogens with one attached hydrogen (secondary N) is 2. The highest BCUT2D eigenvalue weighted by molar-refractivity contribution is 5.84. The number of methoxy groups -OCH3 is 1. The van der Waals surface area contributed by atoms with E-state index in [4.69, 9.17) is 20.2 Å². The molecule has 4 N–H and O–H groups in total. The summed E-state index contributed by atoms with van der Waals surface area (Å²) >= 11 is 0. The molecule has 2 aliphatic heterocycles. The van der Waals surface area contributed by atoms with Crippen molar-refractivity contribution >= 4 is 17.2 Å². The van der Waals surface area contributed by atoms with E-state index < -0.39 is 0 Å². The Morgan fingerprint density at radius 1 is 1.24 bits per heavy atom. The minimum absolute atomic E-state index is 0.301. The molecule has 0 aromatic heterocycles. The van der Waals surface area contributed by atoms with Crippen LogP contribution < -0.4 is 26.0 Å². The van der Waals surface area contributed by atoms with Gasteiger partial charge in [0.1, 0.15) is 17.4 Å². The van der Waals surface area contributed by atoms with Crippen LogP contribution in [0.3, 0.4) is 0 Å². The summed E-state index contributed by atoms with van der Waals surface area (Å²) in [5, 5.41) is 6.94. The minimum Gasteiger partial charge on any atom is -0.495 e. The molecule has 0 amide bonds. The number of likely N-dealkylation sites (N-methyl/N-ethyl adjacent to an activating group) is 1. The molecule has 2 atom stereocenters. The lowest BCUT2D eigenvalue weighted by Gasteiger charge is -2.43. The Hall–Kier alpha value is -3.15. The van der Waals surface area contributed by atoms with Crippen LogP contribution in [0.25, 0.3) is 0 Å². The van der Waals surface area contributed by atoms with Crippen LogP contribution in [0.2, 0.25) is 0 Å². The van der Waals surface area contributed by atoms with Gasteiger partial charge >= 0.3 is 0 Å². The lowest BCUT2D eigenvalue weighted by molar-refractivity contribution is 0.0870. The highest BCUT2D eigenvalue weighted by Crippen LogP contribution is 2.33. The number of amidine groups is 1. The van der Waals surface area contributed by atoms with Gasteiger partial charge in [0.2, 0.25) is 0 Å². The monoisotopic (exact) mass is 568 g/mol. The Balaban J connectivity index is 0.00000108. The largest absolute Gasteiger partial charge is 0.495 e. The summed E-state index contributed by atoms with van der Waals surface area (Å²) in [4.78, 5) is 9.83. The third-order valence-corrected chi connectivity index (χ3v) is 7.12. The van der Waals surface area contributed by atoms with Gasteiger partial charge in [-0.15, -0.1) is 18.9 Å². The molecule has 230 valence electrons. The van der Waals surface area contributed by atoms with Gasteiger partial charge in [-0.25, -0.2) is 0 Å². The molecule has 1 aromatic carbocycles. The second-order valence-electron chi connectivity index (χ2n) is 10.6. The zero-order valence-corrected chi connectivity index (χ0v) is 26.9. The van der Waals surface area contributed by atoms with Gasteiger partial charge in [0.05, 0.1) is 18.8 Å². The van der Waals surface area contributed by atoms with E-state index in [1.165, 1.54) is 0 Å². The van der Waals surface area contributed by atoms with Crippen LogP contribution in [-0.4, -0.2) is 69.3 Å². The number of rotatable bonds is 9. The summed E-state index contributed by atoms with van der Waals surface area (Å²) in [5.41, 5.74) is 8.98. The first kappa shape index (κ1) is 35.9. The van der Waals surface area contributed by atoms with Crippen molar-refractivity contribution in [3.8, 4) is 18.1 Å². The quantitative estimate of drug-likeness (QED) is 0.146. The molecule has 0 aliphatic carbocycles. The number of hydrogen-bond acceptors (Lipinski definition) is 7. The summed E-state index contributed by atoms with van der Waals surface area (Å²) in [6.45, 7) is 19.3. The number of anilines is 2. The van der Waals surface area contributed by atoms with E-state index in [1.807, 2.05) is 19.1 Å². The van der Waals surface area contributed by atoms with Crippen LogP contribution in [0.4, 0.5) is 11.4 Å². The van der Waals surface area contributed by atoms with Gasteiger partial charge in [0.25, 0.3) is 0 Å². The van der Waals surface area contributed by atoms with Gasteiger partial charge in [-0.2, -0.15) is 0 Å². The fourth-order valence-corrected chi connectivity index (χ4v) is 4.57. The average molecular weight is 569 g/mol. The Kier molecular flexibility index (Phi) is 17.4. The average Bonchev–Trinajstić information content (AvgIpc) is 2.96. The number of hydrogen-bond donors (Lipinski definition) is 3. The van der Waals surface area contributed by atoms with Crippen LogP contribution in [0.15, 0.2) is 47.4 Å². The van der Waals surface area contributed by atoms with Crippen molar-refractivity contribution in [2.24, 2.45) is 10.7 Å². The maximum atomic E-state index is 6.26. The zero-order valence-electron chi connectivity index (χ0n) is 26.9. The van der Waals surface area contributed by atoms with Crippen molar-refractivity contribution in [2.75, 3.05) is 50.7 Å². The predicted molar refractivity (Wildman–Crippen MR) is 177 cm³/mol. The Bertz CT molecular complexity index is 993. The number of nitrogens with zero attached hydrogens (tertiary/aromatic N) is 3. The van der Waals surface area contributed by atoms with Gasteiger partial charge in [-0.05, 0) is 72.6 Å². The molecule has 2 fully saturated rings. The van der Waals surface area contributed by atoms with Crippen LogP contribution >= 0.6 is 0 Å². The maximum absolute atomic E-state index is 6.26. The van der Waals surface area contributed by atoms with Gasteiger partial charge < -0.3 is 30.7 Å². The Morgan fingerprint density at radius 2 is 1.83 bits per heavy atom. The predicted octanol–water partition coefficient (Wildman–Crippen LogP) is 5.97. The summed E-state index contributed by atoms with van der Waals surface area (Å²) < 4.78 is 11.3. The van der Waals surface area contributed by atoms with Crippen LogP contribution in [0.5, 0.6) is 5.75 Å². The molecule has 8 nitrogen and oxygen atoms in total. The fraction of sp³-hybridized carbons (Fsp3) is 0.606. The number of aliphatic imine (C=N–C) groups is 1. The first-order valence-corrected chi connectivity index (χ1v) is 14.9. The Labute approximate surface area is 250 Å². The zero-order chi connectivity index (χ0) is 30.8. The van der Waals surface area contributed by atoms with Gasteiger partial charge in [0, 0.05) is 62.3 Å². The molecule has 3 rings (SSSR count). The molecule has 0 radical (unpaired) electrons. The first-order chi connectivity index (χ1) is 19.6. The number of piperazine rings is 1. The summed E-state index contributed by atoms with van der Waals surface area (Å²) in [6.07, 6.45) is 11.4. The first-order valence-electron chi connectivity index (χ1n) is 14.9. The van der Waals surface area contributed by atoms with Crippen molar-refractivity contribution in [2.45, 2.75) is 91.8 Å². The number of benzene rings is 1. The summed E-state index contributed by atoms with van der Waals surface area (Å²) in [7, 11) is 3.93. The van der Waals surface area contributed by atoms with Crippen molar-refractivity contribution < 1.29 is 9.47 Å². The Morgan fingerprint density at radius 3 is 2.32 bits per heavy atom. The highest BCUT2D eigenvalue weighted by Gasteiger charge is 2.28. The van der Waals surface area contributed by atoms with Crippen molar-refractivity contribution in [3.63, 3.8) is 0 Å². The minimum atomic E-state index is 0.301. The van der Waals surface area contributed by atoms with Crippen LogP contribution in [0.1, 0.15) is 73.6 Å². The molecule has 1 aromatic rings. The normalized spacial score (nSPS) is 20.3. The maximum Gasteiger partial charge on any atom is 0.144 e. The van der Waals surface area contributed by atoms with E-state index in [9.17, 15) is 0 Å². The van der Waals surface area contributed by atoms with E-state index in [-0.39, 0.29) is 0 Å². The lowest BCUT2D eigenvalue weighted by Crippen LogP contribution is -2.55. The summed E-state index contributed by atoms with van der Waals surface area (Å²) in [5.74, 6) is 4.83. The van der Waals surface area contributed by atoms with E-state index in [0.29, 0.717) is 23.8 Å². The molecule has 2 saturated heterocycles. The molecule has 2 heterocycles. The third kappa shape index (κ3) is 12.5. The number of allylic oxidation sites excluding steroid dienone is 2. The van der Waals surface area contributed by atoms with Gasteiger partial charge in [-0.1, -0.05) is 19.9 Å². The highest BCUT2D eigenvalue weighted by atomic mass is 16.5. The molecule has 41 heavy (non-hydrogen) atoms. The topological polar surface area (TPSA) is 87.4 Å². The molecule has 0 saturated carbocycles.